The fourth-order valence-corrected chi connectivity index (χ4v) is 4.68. The van der Waals surface area contributed by atoms with Gasteiger partial charge in [0.05, 0.1) is 46.0 Å². The molecule has 1 aromatic carbocycles. The van der Waals surface area contributed by atoms with E-state index in [2.05, 4.69) is 25.5 Å². The molecule has 5 rings (SSSR count). The monoisotopic (exact) mass is 494 g/mol. The molecular weight excluding hydrogens is 478 g/mol. The van der Waals surface area contributed by atoms with Crippen LogP contribution in [0.3, 0.4) is 0 Å². The third-order valence-corrected chi connectivity index (χ3v) is 7.65. The van der Waals surface area contributed by atoms with E-state index in [0.29, 0.717) is 11.0 Å². The van der Waals surface area contributed by atoms with E-state index in [1.807, 2.05) is 0 Å². The number of fused-ring (bicyclic) bond motifs is 2. The van der Waals surface area contributed by atoms with E-state index in [0.717, 1.165) is 6.26 Å². The van der Waals surface area contributed by atoms with Gasteiger partial charge in [-0.15, -0.1) is 0 Å². The number of hydrogen-bond acceptors (Lipinski definition) is 6. The van der Waals surface area contributed by atoms with Crippen LogP contribution in [0.2, 0.25) is 5.02 Å². The second-order valence-electron chi connectivity index (χ2n) is 8.06. The highest BCUT2D eigenvalue weighted by Gasteiger charge is 2.43. The predicted octanol–water partition coefficient (Wildman–Crippen LogP) is 3.47. The van der Waals surface area contributed by atoms with Gasteiger partial charge in [-0.05, 0) is 13.3 Å². The van der Waals surface area contributed by atoms with Gasteiger partial charge in [-0.25, -0.2) is 22.2 Å². The van der Waals surface area contributed by atoms with Crippen LogP contribution >= 0.6 is 11.6 Å². The molecule has 3 atom stereocenters. The van der Waals surface area contributed by atoms with Gasteiger partial charge in [0.15, 0.2) is 21.3 Å². The van der Waals surface area contributed by atoms with Gasteiger partial charge >= 0.3 is 0 Å². The number of carbonyl (C=O) groups is 1. The van der Waals surface area contributed by atoms with Crippen LogP contribution in [0.15, 0.2) is 24.8 Å². The van der Waals surface area contributed by atoms with E-state index in [1.54, 1.807) is 10.6 Å². The highest BCUT2D eigenvalue weighted by molar-refractivity contribution is 7.90. The van der Waals surface area contributed by atoms with Gasteiger partial charge in [0.25, 0.3) is 0 Å². The molecule has 33 heavy (non-hydrogen) atoms. The molecular formula is C20H17ClF2N6O3S. The highest BCUT2D eigenvalue weighted by Crippen LogP contribution is 2.41. The third-order valence-electron chi connectivity index (χ3n) is 5.77. The SMILES string of the molecule is CC(c1c(F)c(Cl)c(-c2cn3cc(NC(=O)C4CC4F)nc3cn2)c2cn[nH]c12)S(C)(=O)=O. The Bertz CT molecular complexity index is 1550. The summed E-state index contributed by atoms with van der Waals surface area (Å²) in [7, 11) is -3.62. The maximum Gasteiger partial charge on any atom is 0.231 e. The van der Waals surface area contributed by atoms with E-state index >= 15 is 4.39 Å². The van der Waals surface area contributed by atoms with Crippen molar-refractivity contribution in [3.8, 4) is 11.3 Å². The lowest BCUT2D eigenvalue weighted by Crippen LogP contribution is -2.15. The van der Waals surface area contributed by atoms with Gasteiger partial charge in [0, 0.05) is 29.0 Å². The standard InChI is InChI=1S/C20H17ClF2N6O3S/c1-8(33(2,31)32)15-18(23)17(21)16(10-4-25-28-19(10)15)12-6-29-7-13(26-14(29)5-24-12)27-20(30)9-3-11(9)22/h4-9,11H,3H2,1-2H3,(H,25,28)(H,27,30). The number of imidazole rings is 1. The number of hydrogen-bond donors (Lipinski definition) is 2. The summed E-state index contributed by atoms with van der Waals surface area (Å²) in [6.45, 7) is 1.38. The van der Waals surface area contributed by atoms with Crippen LogP contribution in [0.5, 0.6) is 0 Å². The van der Waals surface area contributed by atoms with Crippen LogP contribution in [0.25, 0.3) is 27.8 Å². The normalized spacial score (nSPS) is 19.2. The Kier molecular flexibility index (Phi) is 4.90. The molecule has 2 N–H and O–H groups in total. The Morgan fingerprint density at radius 2 is 2.09 bits per heavy atom. The van der Waals surface area contributed by atoms with Crippen molar-refractivity contribution in [1.29, 1.82) is 0 Å². The number of rotatable bonds is 5. The number of nitrogens with one attached hydrogen (secondary N) is 2. The van der Waals surface area contributed by atoms with E-state index in [4.69, 9.17) is 11.6 Å². The number of halogens is 3. The minimum absolute atomic E-state index is 0.0984. The van der Waals surface area contributed by atoms with Crippen molar-refractivity contribution < 1.29 is 22.0 Å². The predicted molar refractivity (Wildman–Crippen MR) is 118 cm³/mol. The zero-order valence-corrected chi connectivity index (χ0v) is 18.9. The minimum atomic E-state index is -3.62. The number of aromatic amines is 1. The van der Waals surface area contributed by atoms with Crippen molar-refractivity contribution in [1.82, 2.24) is 24.6 Å². The number of aromatic nitrogens is 5. The first-order valence-electron chi connectivity index (χ1n) is 9.89. The molecule has 3 heterocycles. The molecule has 4 aromatic rings. The molecule has 3 aromatic heterocycles. The molecule has 3 unspecified atom stereocenters. The van der Waals surface area contributed by atoms with Crippen molar-refractivity contribution in [3.63, 3.8) is 0 Å². The summed E-state index contributed by atoms with van der Waals surface area (Å²) in [6.07, 6.45) is 5.98. The molecule has 0 spiro atoms. The smallest absolute Gasteiger partial charge is 0.231 e. The van der Waals surface area contributed by atoms with Crippen LogP contribution < -0.4 is 5.32 Å². The van der Waals surface area contributed by atoms with Crippen LogP contribution in [-0.4, -0.2) is 51.3 Å². The Labute approximate surface area is 191 Å². The Morgan fingerprint density at radius 1 is 1.36 bits per heavy atom. The number of carbonyl (C=O) groups excluding carboxylic acids is 1. The first kappa shape index (κ1) is 21.7. The molecule has 13 heteroatoms. The molecule has 1 aliphatic rings. The van der Waals surface area contributed by atoms with Crippen LogP contribution in [0.1, 0.15) is 24.2 Å². The molecule has 1 fully saturated rings. The van der Waals surface area contributed by atoms with Gasteiger partial charge in [-0.2, -0.15) is 5.10 Å². The second kappa shape index (κ2) is 7.45. The van der Waals surface area contributed by atoms with Crippen LogP contribution in [0.4, 0.5) is 14.6 Å². The van der Waals surface area contributed by atoms with E-state index in [1.165, 1.54) is 25.5 Å². The summed E-state index contributed by atoms with van der Waals surface area (Å²) in [5.41, 5.74) is 0.998. The largest absolute Gasteiger partial charge is 0.309 e. The highest BCUT2D eigenvalue weighted by atomic mass is 35.5. The zero-order chi connectivity index (χ0) is 23.7. The maximum atomic E-state index is 15.3. The van der Waals surface area contributed by atoms with Crippen molar-refractivity contribution in [2.24, 2.45) is 5.92 Å². The number of amides is 1. The van der Waals surface area contributed by atoms with Crippen molar-refractivity contribution in [2.75, 3.05) is 11.6 Å². The number of alkyl halides is 1. The Balaban J connectivity index is 1.60. The lowest BCUT2D eigenvalue weighted by Gasteiger charge is -2.16. The summed E-state index contributed by atoms with van der Waals surface area (Å²) in [5.74, 6) is -1.76. The molecule has 0 aliphatic heterocycles. The quantitative estimate of drug-likeness (QED) is 0.438. The average Bonchev–Trinajstić information content (AvgIpc) is 3.11. The van der Waals surface area contributed by atoms with Gasteiger partial charge in [-0.3, -0.25) is 14.9 Å². The summed E-state index contributed by atoms with van der Waals surface area (Å²) < 4.78 is 54.2. The second-order valence-corrected chi connectivity index (χ2v) is 10.8. The molecule has 9 nitrogen and oxygen atoms in total. The molecule has 1 saturated carbocycles. The number of sulfone groups is 1. The number of nitrogens with zero attached hydrogens (tertiary/aromatic N) is 4. The van der Waals surface area contributed by atoms with E-state index in [-0.39, 0.29) is 39.6 Å². The first-order valence-corrected chi connectivity index (χ1v) is 12.2. The minimum Gasteiger partial charge on any atom is -0.309 e. The molecule has 0 saturated heterocycles. The number of H-pyrrole nitrogens is 1. The number of anilines is 1. The lowest BCUT2D eigenvalue weighted by atomic mass is 10.0. The van der Waals surface area contributed by atoms with Gasteiger partial charge in [0.1, 0.15) is 12.0 Å². The van der Waals surface area contributed by atoms with Gasteiger partial charge in [-0.1, -0.05) is 11.6 Å². The average molecular weight is 495 g/mol. The molecule has 1 amide bonds. The Hall–Kier alpha value is -3.12. The number of benzene rings is 1. The lowest BCUT2D eigenvalue weighted by molar-refractivity contribution is -0.117. The van der Waals surface area contributed by atoms with E-state index in [9.17, 15) is 17.6 Å². The summed E-state index contributed by atoms with van der Waals surface area (Å²) in [4.78, 5) is 20.5. The molecule has 1 aliphatic carbocycles. The van der Waals surface area contributed by atoms with Crippen molar-refractivity contribution >= 4 is 49.7 Å². The van der Waals surface area contributed by atoms with Gasteiger partial charge < -0.3 is 9.72 Å². The Morgan fingerprint density at radius 3 is 2.76 bits per heavy atom. The van der Waals surface area contributed by atoms with Crippen molar-refractivity contribution in [3.05, 3.63) is 41.2 Å². The van der Waals surface area contributed by atoms with E-state index < -0.39 is 38.9 Å². The molecule has 0 radical (unpaired) electrons. The van der Waals surface area contributed by atoms with Crippen LogP contribution in [-0.2, 0) is 14.6 Å². The van der Waals surface area contributed by atoms with Crippen molar-refractivity contribution in [2.45, 2.75) is 24.8 Å². The summed E-state index contributed by atoms with van der Waals surface area (Å²) in [6, 6.07) is 0. The topological polar surface area (TPSA) is 122 Å². The summed E-state index contributed by atoms with van der Waals surface area (Å²) >= 11 is 6.37. The van der Waals surface area contributed by atoms with Gasteiger partial charge in [0.2, 0.25) is 5.91 Å². The zero-order valence-electron chi connectivity index (χ0n) is 17.3. The maximum absolute atomic E-state index is 15.3. The third kappa shape index (κ3) is 3.62. The fourth-order valence-electron chi connectivity index (χ4n) is 3.73. The fraction of sp³-hybridized carbons (Fsp3) is 0.300. The molecule has 0 bridgehead atoms. The summed E-state index contributed by atoms with van der Waals surface area (Å²) in [5, 5.41) is 8.13. The van der Waals surface area contributed by atoms with Crippen LogP contribution in [0, 0.1) is 11.7 Å². The first-order chi connectivity index (χ1) is 15.6. The molecule has 172 valence electrons.